The van der Waals surface area contributed by atoms with Gasteiger partial charge in [-0.25, -0.2) is 9.50 Å². The monoisotopic (exact) mass is 238 g/mol. The lowest BCUT2D eigenvalue weighted by molar-refractivity contribution is 0.930. The van der Waals surface area contributed by atoms with Crippen LogP contribution in [0, 0.1) is 6.92 Å². The fourth-order valence-electron chi connectivity index (χ4n) is 1.95. The second kappa shape index (κ2) is 4.23. The molecule has 0 fully saturated rings. The summed E-state index contributed by atoms with van der Waals surface area (Å²) >= 11 is 0. The standard InChI is InChI=1S/C14H14N4/c1-10-3-2-4-12(7-10)14-16-13-6-5-11(8-15)9-18(13)17-14/h2-7,9H,8,15H2,1H3. The zero-order valence-corrected chi connectivity index (χ0v) is 10.2. The first kappa shape index (κ1) is 10.9. The van der Waals surface area contributed by atoms with Crippen molar-refractivity contribution in [2.24, 2.45) is 5.73 Å². The Hall–Kier alpha value is -2.20. The fourth-order valence-corrected chi connectivity index (χ4v) is 1.95. The number of nitrogens with zero attached hydrogens (tertiary/aromatic N) is 3. The lowest BCUT2D eigenvalue weighted by Crippen LogP contribution is -1.98. The number of aryl methyl sites for hydroxylation is 1. The van der Waals surface area contributed by atoms with E-state index in [2.05, 4.69) is 29.1 Å². The van der Waals surface area contributed by atoms with Gasteiger partial charge in [-0.2, -0.15) is 0 Å². The average Bonchev–Trinajstić information content (AvgIpc) is 2.81. The lowest BCUT2D eigenvalue weighted by atomic mass is 10.1. The molecule has 2 heterocycles. The van der Waals surface area contributed by atoms with Crippen molar-refractivity contribution >= 4 is 5.65 Å². The van der Waals surface area contributed by atoms with Gasteiger partial charge >= 0.3 is 0 Å². The van der Waals surface area contributed by atoms with Gasteiger partial charge in [-0.05, 0) is 24.6 Å². The van der Waals surface area contributed by atoms with Gasteiger partial charge in [0.05, 0.1) is 0 Å². The molecule has 1 aromatic carbocycles. The van der Waals surface area contributed by atoms with Crippen LogP contribution in [0.1, 0.15) is 11.1 Å². The predicted octanol–water partition coefficient (Wildman–Crippen LogP) is 2.16. The number of hydrogen-bond acceptors (Lipinski definition) is 3. The minimum Gasteiger partial charge on any atom is -0.326 e. The number of rotatable bonds is 2. The molecule has 0 aliphatic carbocycles. The summed E-state index contributed by atoms with van der Waals surface area (Å²) in [4.78, 5) is 4.51. The molecule has 0 aliphatic heterocycles. The molecule has 2 aromatic heterocycles. The molecule has 0 spiro atoms. The van der Waals surface area contributed by atoms with Crippen molar-refractivity contribution in [3.63, 3.8) is 0 Å². The highest BCUT2D eigenvalue weighted by molar-refractivity contribution is 5.59. The SMILES string of the molecule is Cc1cccc(-c2nc3ccc(CN)cn3n2)c1. The number of nitrogens with two attached hydrogens (primary N) is 1. The Morgan fingerprint density at radius 2 is 2.11 bits per heavy atom. The summed E-state index contributed by atoms with van der Waals surface area (Å²) in [5, 5.41) is 4.48. The molecule has 4 nitrogen and oxygen atoms in total. The van der Waals surface area contributed by atoms with Gasteiger partial charge < -0.3 is 5.73 Å². The van der Waals surface area contributed by atoms with Gasteiger partial charge in [-0.1, -0.05) is 29.8 Å². The van der Waals surface area contributed by atoms with E-state index in [4.69, 9.17) is 5.73 Å². The van der Waals surface area contributed by atoms with Crippen molar-refractivity contribution in [1.82, 2.24) is 14.6 Å². The third-order valence-electron chi connectivity index (χ3n) is 2.90. The molecule has 0 aliphatic rings. The van der Waals surface area contributed by atoms with Gasteiger partial charge in [0.15, 0.2) is 11.5 Å². The molecular weight excluding hydrogens is 224 g/mol. The largest absolute Gasteiger partial charge is 0.326 e. The highest BCUT2D eigenvalue weighted by atomic mass is 15.3. The molecule has 0 radical (unpaired) electrons. The summed E-state index contributed by atoms with van der Waals surface area (Å²) in [6, 6.07) is 12.1. The molecule has 3 rings (SSSR count). The summed E-state index contributed by atoms with van der Waals surface area (Å²) in [6.07, 6.45) is 1.92. The maximum Gasteiger partial charge on any atom is 0.182 e. The van der Waals surface area contributed by atoms with Crippen molar-refractivity contribution in [2.75, 3.05) is 0 Å². The first-order valence-corrected chi connectivity index (χ1v) is 5.89. The second-order valence-corrected chi connectivity index (χ2v) is 4.35. The average molecular weight is 238 g/mol. The van der Waals surface area contributed by atoms with E-state index in [1.165, 1.54) is 5.56 Å². The van der Waals surface area contributed by atoms with Crippen LogP contribution in [0.4, 0.5) is 0 Å². The third kappa shape index (κ3) is 1.87. The van der Waals surface area contributed by atoms with E-state index in [-0.39, 0.29) is 0 Å². The molecule has 2 N–H and O–H groups in total. The van der Waals surface area contributed by atoms with Crippen LogP contribution >= 0.6 is 0 Å². The molecule has 90 valence electrons. The Balaban J connectivity index is 2.13. The molecule has 4 heteroatoms. The first-order chi connectivity index (χ1) is 8.76. The molecule has 3 aromatic rings. The zero-order valence-electron chi connectivity index (χ0n) is 10.2. The summed E-state index contributed by atoms with van der Waals surface area (Å²) in [6.45, 7) is 2.57. The van der Waals surface area contributed by atoms with Crippen molar-refractivity contribution in [2.45, 2.75) is 13.5 Å². The fraction of sp³-hybridized carbons (Fsp3) is 0.143. The molecule has 0 amide bonds. The van der Waals surface area contributed by atoms with Gasteiger partial charge in [0.25, 0.3) is 0 Å². The van der Waals surface area contributed by atoms with E-state index in [0.717, 1.165) is 22.6 Å². The minimum absolute atomic E-state index is 0.510. The third-order valence-corrected chi connectivity index (χ3v) is 2.90. The highest BCUT2D eigenvalue weighted by Gasteiger charge is 2.06. The van der Waals surface area contributed by atoms with Crippen LogP contribution in [0.3, 0.4) is 0 Å². The smallest absolute Gasteiger partial charge is 0.182 e. The van der Waals surface area contributed by atoms with E-state index in [9.17, 15) is 0 Å². The topological polar surface area (TPSA) is 56.2 Å². The van der Waals surface area contributed by atoms with Gasteiger partial charge in [0, 0.05) is 18.3 Å². The van der Waals surface area contributed by atoms with Crippen molar-refractivity contribution in [3.8, 4) is 11.4 Å². The number of pyridine rings is 1. The summed E-state index contributed by atoms with van der Waals surface area (Å²) in [7, 11) is 0. The van der Waals surface area contributed by atoms with Gasteiger partial charge in [-0.15, -0.1) is 5.10 Å². The molecule has 0 unspecified atom stereocenters. The van der Waals surface area contributed by atoms with E-state index in [1.807, 2.05) is 30.5 Å². The molecular formula is C14H14N4. The molecule has 0 saturated carbocycles. The highest BCUT2D eigenvalue weighted by Crippen LogP contribution is 2.17. The second-order valence-electron chi connectivity index (χ2n) is 4.35. The van der Waals surface area contributed by atoms with Crippen LogP contribution in [-0.4, -0.2) is 14.6 Å². The Morgan fingerprint density at radius 1 is 1.22 bits per heavy atom. The number of benzene rings is 1. The molecule has 0 atom stereocenters. The number of aromatic nitrogens is 3. The van der Waals surface area contributed by atoms with Crippen LogP contribution in [0.25, 0.3) is 17.0 Å². The summed E-state index contributed by atoms with van der Waals surface area (Å²) < 4.78 is 1.78. The van der Waals surface area contributed by atoms with Gasteiger partial charge in [-0.3, -0.25) is 0 Å². The lowest BCUT2D eigenvalue weighted by Gasteiger charge is -1.96. The first-order valence-electron chi connectivity index (χ1n) is 5.89. The van der Waals surface area contributed by atoms with Crippen molar-refractivity contribution in [1.29, 1.82) is 0 Å². The maximum atomic E-state index is 5.62. The Kier molecular flexibility index (Phi) is 2.57. The Morgan fingerprint density at radius 3 is 2.89 bits per heavy atom. The molecule has 0 saturated heterocycles. The summed E-state index contributed by atoms with van der Waals surface area (Å²) in [5.41, 5.74) is 9.74. The van der Waals surface area contributed by atoms with Crippen LogP contribution in [0.2, 0.25) is 0 Å². The van der Waals surface area contributed by atoms with Crippen LogP contribution in [0.15, 0.2) is 42.6 Å². The number of hydrogen-bond donors (Lipinski definition) is 1. The van der Waals surface area contributed by atoms with E-state index < -0.39 is 0 Å². The number of fused-ring (bicyclic) bond motifs is 1. The Bertz CT molecular complexity index is 700. The molecule has 18 heavy (non-hydrogen) atoms. The quantitative estimate of drug-likeness (QED) is 0.744. The van der Waals surface area contributed by atoms with Crippen molar-refractivity contribution in [3.05, 3.63) is 53.7 Å². The maximum absolute atomic E-state index is 5.62. The van der Waals surface area contributed by atoms with Crippen LogP contribution in [0.5, 0.6) is 0 Å². The van der Waals surface area contributed by atoms with Gasteiger partial charge in [0.2, 0.25) is 0 Å². The van der Waals surface area contributed by atoms with Crippen LogP contribution in [-0.2, 0) is 6.54 Å². The van der Waals surface area contributed by atoms with Crippen LogP contribution < -0.4 is 5.73 Å². The Labute approximate surface area is 105 Å². The van der Waals surface area contributed by atoms with Crippen molar-refractivity contribution < 1.29 is 0 Å². The zero-order chi connectivity index (χ0) is 12.5. The minimum atomic E-state index is 0.510. The van der Waals surface area contributed by atoms with Gasteiger partial charge in [0.1, 0.15) is 0 Å². The van der Waals surface area contributed by atoms with E-state index in [1.54, 1.807) is 4.52 Å². The predicted molar refractivity (Wildman–Crippen MR) is 71.1 cm³/mol. The van der Waals surface area contributed by atoms with E-state index >= 15 is 0 Å². The normalized spacial score (nSPS) is 11.0. The van der Waals surface area contributed by atoms with E-state index in [0.29, 0.717) is 6.54 Å². The molecule has 0 bridgehead atoms. The summed E-state index contributed by atoms with van der Waals surface area (Å²) in [5.74, 6) is 0.743.